The van der Waals surface area contributed by atoms with Gasteiger partial charge in [-0.05, 0) is 18.4 Å². The van der Waals surface area contributed by atoms with Crippen LogP contribution in [0, 0.1) is 5.92 Å². The van der Waals surface area contributed by atoms with Gasteiger partial charge in [-0.3, -0.25) is 10.1 Å². The number of rotatable bonds is 6. The number of hydrogen-bond donors (Lipinski definition) is 2. The summed E-state index contributed by atoms with van der Waals surface area (Å²) >= 11 is 0. The third-order valence-electron chi connectivity index (χ3n) is 3.54. The number of carboxylic acids is 1. The van der Waals surface area contributed by atoms with Crippen LogP contribution in [0.15, 0.2) is 30.3 Å². The van der Waals surface area contributed by atoms with E-state index in [1.165, 1.54) is 0 Å². The fraction of sp³-hybridized carbons (Fsp3) is 0.500. The van der Waals surface area contributed by atoms with Gasteiger partial charge in [-0.2, -0.15) is 0 Å². The van der Waals surface area contributed by atoms with E-state index in [0.717, 1.165) is 12.0 Å². The summed E-state index contributed by atoms with van der Waals surface area (Å²) < 4.78 is 0. The Balaban J connectivity index is 2.72. The molecule has 0 spiro atoms. The molecule has 1 aromatic rings. The SMILES string of the molecule is CCC(C)C(C)(NCc1ccccc1)C(=O)O. The first-order chi connectivity index (χ1) is 8.00. The summed E-state index contributed by atoms with van der Waals surface area (Å²) in [4.78, 5) is 11.4. The van der Waals surface area contributed by atoms with E-state index in [9.17, 15) is 9.90 Å². The maximum Gasteiger partial charge on any atom is 0.323 e. The summed E-state index contributed by atoms with van der Waals surface area (Å²) in [5.41, 5.74) is 0.230. The molecule has 0 fully saturated rings. The smallest absolute Gasteiger partial charge is 0.323 e. The van der Waals surface area contributed by atoms with Gasteiger partial charge in [0.2, 0.25) is 0 Å². The summed E-state index contributed by atoms with van der Waals surface area (Å²) in [6, 6.07) is 9.85. The number of carbonyl (C=O) groups is 1. The Morgan fingerprint density at radius 3 is 2.47 bits per heavy atom. The van der Waals surface area contributed by atoms with Crippen molar-refractivity contribution in [3.63, 3.8) is 0 Å². The lowest BCUT2D eigenvalue weighted by atomic mass is 9.85. The minimum Gasteiger partial charge on any atom is -0.480 e. The molecule has 0 saturated heterocycles. The number of nitrogens with one attached hydrogen (secondary N) is 1. The van der Waals surface area contributed by atoms with Crippen LogP contribution in [0.5, 0.6) is 0 Å². The zero-order chi connectivity index (χ0) is 12.9. The van der Waals surface area contributed by atoms with Crippen LogP contribution in [-0.2, 0) is 11.3 Å². The highest BCUT2D eigenvalue weighted by Crippen LogP contribution is 2.21. The van der Waals surface area contributed by atoms with E-state index >= 15 is 0 Å². The van der Waals surface area contributed by atoms with Crippen molar-refractivity contribution in [2.45, 2.75) is 39.3 Å². The largest absolute Gasteiger partial charge is 0.480 e. The van der Waals surface area contributed by atoms with Crippen molar-refractivity contribution < 1.29 is 9.90 Å². The third kappa shape index (κ3) is 3.30. The molecule has 0 aliphatic rings. The highest BCUT2D eigenvalue weighted by Gasteiger charge is 2.37. The van der Waals surface area contributed by atoms with E-state index in [2.05, 4.69) is 5.32 Å². The first-order valence-corrected chi connectivity index (χ1v) is 6.03. The van der Waals surface area contributed by atoms with Gasteiger partial charge < -0.3 is 5.11 Å². The molecule has 1 aromatic carbocycles. The van der Waals surface area contributed by atoms with Gasteiger partial charge in [-0.1, -0.05) is 50.6 Å². The van der Waals surface area contributed by atoms with E-state index < -0.39 is 11.5 Å². The van der Waals surface area contributed by atoms with Crippen molar-refractivity contribution >= 4 is 5.97 Å². The zero-order valence-electron chi connectivity index (χ0n) is 10.7. The van der Waals surface area contributed by atoms with Crippen molar-refractivity contribution in [3.05, 3.63) is 35.9 Å². The van der Waals surface area contributed by atoms with Gasteiger partial charge in [0.05, 0.1) is 0 Å². The second-order valence-corrected chi connectivity index (χ2v) is 4.66. The fourth-order valence-corrected chi connectivity index (χ4v) is 1.75. The molecule has 94 valence electrons. The summed E-state index contributed by atoms with van der Waals surface area (Å²) in [6.07, 6.45) is 0.838. The van der Waals surface area contributed by atoms with Crippen LogP contribution in [0.25, 0.3) is 0 Å². The molecule has 3 nitrogen and oxygen atoms in total. The van der Waals surface area contributed by atoms with E-state index in [0.29, 0.717) is 6.54 Å². The fourth-order valence-electron chi connectivity index (χ4n) is 1.75. The first kappa shape index (κ1) is 13.7. The summed E-state index contributed by atoms with van der Waals surface area (Å²) in [6.45, 7) is 6.31. The third-order valence-corrected chi connectivity index (χ3v) is 3.54. The summed E-state index contributed by atoms with van der Waals surface area (Å²) in [7, 11) is 0. The van der Waals surface area contributed by atoms with Crippen LogP contribution >= 0.6 is 0 Å². The molecule has 2 unspecified atom stereocenters. The molecule has 0 heterocycles. The maximum atomic E-state index is 11.4. The van der Waals surface area contributed by atoms with Crippen molar-refractivity contribution in [1.29, 1.82) is 0 Å². The number of carboxylic acid groups (broad SMARTS) is 1. The van der Waals surface area contributed by atoms with Crippen LogP contribution in [0.2, 0.25) is 0 Å². The lowest BCUT2D eigenvalue weighted by Crippen LogP contribution is -2.53. The van der Waals surface area contributed by atoms with Crippen LogP contribution < -0.4 is 5.32 Å². The minimum atomic E-state index is -0.870. The Morgan fingerprint density at radius 1 is 1.41 bits per heavy atom. The first-order valence-electron chi connectivity index (χ1n) is 6.03. The summed E-state index contributed by atoms with van der Waals surface area (Å²) in [5, 5.41) is 12.5. The molecule has 0 amide bonds. The average molecular weight is 235 g/mol. The predicted molar refractivity (Wildman–Crippen MR) is 68.8 cm³/mol. The van der Waals surface area contributed by atoms with E-state index in [4.69, 9.17) is 0 Å². The highest BCUT2D eigenvalue weighted by atomic mass is 16.4. The van der Waals surface area contributed by atoms with Gasteiger partial charge >= 0.3 is 5.97 Å². The molecule has 0 bridgehead atoms. The molecule has 2 N–H and O–H groups in total. The molecule has 0 radical (unpaired) electrons. The Labute approximate surface area is 103 Å². The van der Waals surface area contributed by atoms with Gasteiger partial charge in [-0.15, -0.1) is 0 Å². The van der Waals surface area contributed by atoms with Crippen molar-refractivity contribution in [3.8, 4) is 0 Å². The molecule has 3 heteroatoms. The monoisotopic (exact) mass is 235 g/mol. The quantitative estimate of drug-likeness (QED) is 0.797. The summed E-state index contributed by atoms with van der Waals surface area (Å²) in [5.74, 6) is -0.702. The molecule has 1 rings (SSSR count). The molecular formula is C14H21NO2. The molecule has 2 atom stereocenters. The Bertz CT molecular complexity index is 364. The normalized spacial score (nSPS) is 16.2. The predicted octanol–water partition coefficient (Wildman–Crippen LogP) is 2.67. The molecule has 0 saturated carbocycles. The van der Waals surface area contributed by atoms with Crippen molar-refractivity contribution in [2.75, 3.05) is 0 Å². The van der Waals surface area contributed by atoms with Crippen LogP contribution in [0.4, 0.5) is 0 Å². The number of hydrogen-bond acceptors (Lipinski definition) is 2. The molecule has 0 aliphatic heterocycles. The molecule has 0 aliphatic carbocycles. The van der Waals surface area contributed by atoms with E-state index in [1.54, 1.807) is 6.92 Å². The number of aliphatic carboxylic acids is 1. The topological polar surface area (TPSA) is 49.3 Å². The van der Waals surface area contributed by atoms with E-state index in [1.807, 2.05) is 44.2 Å². The Hall–Kier alpha value is -1.35. The second-order valence-electron chi connectivity index (χ2n) is 4.66. The lowest BCUT2D eigenvalue weighted by molar-refractivity contribution is -0.146. The van der Waals surface area contributed by atoms with E-state index in [-0.39, 0.29) is 5.92 Å². The minimum absolute atomic E-state index is 0.0868. The van der Waals surface area contributed by atoms with Crippen molar-refractivity contribution in [2.24, 2.45) is 5.92 Å². The molecule has 0 aromatic heterocycles. The van der Waals surface area contributed by atoms with Gasteiger partial charge in [0.1, 0.15) is 5.54 Å². The van der Waals surface area contributed by atoms with Crippen LogP contribution in [0.3, 0.4) is 0 Å². The van der Waals surface area contributed by atoms with Gasteiger partial charge in [-0.25, -0.2) is 0 Å². The van der Waals surface area contributed by atoms with Gasteiger partial charge in [0.15, 0.2) is 0 Å². The van der Waals surface area contributed by atoms with Gasteiger partial charge in [0.25, 0.3) is 0 Å². The average Bonchev–Trinajstić information content (AvgIpc) is 2.35. The maximum absolute atomic E-state index is 11.4. The zero-order valence-corrected chi connectivity index (χ0v) is 10.7. The second kappa shape index (κ2) is 5.82. The van der Waals surface area contributed by atoms with Crippen molar-refractivity contribution in [1.82, 2.24) is 5.32 Å². The Kier molecular flexibility index (Phi) is 4.70. The Morgan fingerprint density at radius 2 is 2.00 bits per heavy atom. The number of benzene rings is 1. The lowest BCUT2D eigenvalue weighted by Gasteiger charge is -2.32. The van der Waals surface area contributed by atoms with Crippen LogP contribution in [0.1, 0.15) is 32.8 Å². The van der Waals surface area contributed by atoms with Gasteiger partial charge in [0, 0.05) is 6.54 Å². The molecule has 17 heavy (non-hydrogen) atoms. The molecular weight excluding hydrogens is 214 g/mol. The highest BCUT2D eigenvalue weighted by molar-refractivity contribution is 5.78. The standard InChI is InChI=1S/C14H21NO2/c1-4-11(2)14(3,13(16)17)15-10-12-8-6-5-7-9-12/h5-9,11,15H,4,10H2,1-3H3,(H,16,17). The van der Waals surface area contributed by atoms with Crippen LogP contribution in [-0.4, -0.2) is 16.6 Å².